The van der Waals surface area contributed by atoms with E-state index < -0.39 is 22.3 Å². The van der Waals surface area contributed by atoms with Crippen LogP contribution in [0.25, 0.3) is 0 Å². The van der Waals surface area contributed by atoms with Gasteiger partial charge < -0.3 is 14.7 Å². The number of Topliss-reactive ketones (excluding diaryl/α,β-unsaturated/α-hetero) is 1. The van der Waals surface area contributed by atoms with Crippen LogP contribution in [-0.2, 0) is 20.6 Å². The third kappa shape index (κ3) is 3.45. The molecule has 0 amide bonds. The molecule has 0 bridgehead atoms. The fourth-order valence-corrected chi connectivity index (χ4v) is 3.40. The molecule has 11 heteroatoms. The van der Waals surface area contributed by atoms with Gasteiger partial charge >= 0.3 is 5.69 Å². The largest absolute Gasteiger partial charge is 0.467 e. The number of ketones is 1. The molecule has 3 aromatic rings. The van der Waals surface area contributed by atoms with Crippen LogP contribution < -0.4 is 17.0 Å². The summed E-state index contributed by atoms with van der Waals surface area (Å²) in [5, 5.41) is 7.71. The van der Waals surface area contributed by atoms with Crippen LogP contribution in [0.15, 0.2) is 43.9 Å². The van der Waals surface area contributed by atoms with Crippen molar-refractivity contribution in [3.8, 4) is 0 Å². The lowest BCUT2D eigenvalue weighted by Crippen LogP contribution is -2.42. The topological polar surface area (TPSA) is 131 Å². The minimum Gasteiger partial charge on any atom is -0.467 e. The van der Waals surface area contributed by atoms with Gasteiger partial charge in [0.2, 0.25) is 0 Å². The molecule has 0 aromatic carbocycles. The average Bonchev–Trinajstić information content (AvgIpc) is 3.31. The van der Waals surface area contributed by atoms with Crippen molar-refractivity contribution in [1.82, 2.24) is 23.9 Å². The molecule has 3 rings (SSSR count). The summed E-state index contributed by atoms with van der Waals surface area (Å²) in [4.78, 5) is 37.1. The first-order valence-electron chi connectivity index (χ1n) is 7.97. The second kappa shape index (κ2) is 7.27. The van der Waals surface area contributed by atoms with Gasteiger partial charge in [0, 0.05) is 14.1 Å². The van der Waals surface area contributed by atoms with Crippen LogP contribution in [0.1, 0.15) is 23.0 Å². The SMILES string of the molecule is CC(Sc1nncn1Cc1ccco1)C(=O)c1c(N)n(C)c(=O)n(C)c1=O. The molecule has 142 valence electrons. The molecular formula is C16H18N6O4S. The molecule has 3 aromatic heterocycles. The van der Waals surface area contributed by atoms with Crippen LogP contribution in [0.2, 0.25) is 0 Å². The molecule has 3 heterocycles. The lowest BCUT2D eigenvalue weighted by molar-refractivity contribution is 0.0992. The highest BCUT2D eigenvalue weighted by Gasteiger charge is 2.26. The molecule has 27 heavy (non-hydrogen) atoms. The Morgan fingerprint density at radius 2 is 2.07 bits per heavy atom. The third-order valence-electron chi connectivity index (χ3n) is 4.09. The van der Waals surface area contributed by atoms with Crippen LogP contribution in [0.3, 0.4) is 0 Å². The minimum absolute atomic E-state index is 0.155. The summed E-state index contributed by atoms with van der Waals surface area (Å²) < 4.78 is 8.97. The molecule has 2 N–H and O–H groups in total. The Hall–Kier alpha value is -3.08. The van der Waals surface area contributed by atoms with Crippen molar-refractivity contribution in [2.45, 2.75) is 23.9 Å². The van der Waals surface area contributed by atoms with E-state index in [4.69, 9.17) is 10.2 Å². The Morgan fingerprint density at radius 1 is 1.33 bits per heavy atom. The molecule has 0 aliphatic carbocycles. The lowest BCUT2D eigenvalue weighted by atomic mass is 10.1. The van der Waals surface area contributed by atoms with E-state index in [0.29, 0.717) is 17.5 Å². The molecular weight excluding hydrogens is 372 g/mol. The molecule has 1 unspecified atom stereocenters. The Morgan fingerprint density at radius 3 is 2.74 bits per heavy atom. The van der Waals surface area contributed by atoms with Crippen molar-refractivity contribution >= 4 is 23.4 Å². The van der Waals surface area contributed by atoms with E-state index in [1.54, 1.807) is 23.8 Å². The monoisotopic (exact) mass is 390 g/mol. The summed E-state index contributed by atoms with van der Waals surface area (Å²) in [6.07, 6.45) is 3.10. The minimum atomic E-state index is -0.717. The normalized spacial score (nSPS) is 12.3. The lowest BCUT2D eigenvalue weighted by Gasteiger charge is -2.14. The van der Waals surface area contributed by atoms with E-state index >= 15 is 0 Å². The second-order valence-corrected chi connectivity index (χ2v) is 7.22. The molecule has 1 atom stereocenters. The van der Waals surface area contributed by atoms with Crippen LogP contribution in [-0.4, -0.2) is 34.9 Å². The molecule has 0 radical (unpaired) electrons. The molecule has 0 aliphatic heterocycles. The summed E-state index contributed by atoms with van der Waals surface area (Å²) in [6.45, 7) is 2.05. The number of hydrogen-bond donors (Lipinski definition) is 1. The van der Waals surface area contributed by atoms with Gasteiger partial charge in [-0.05, 0) is 19.1 Å². The molecule has 10 nitrogen and oxygen atoms in total. The van der Waals surface area contributed by atoms with E-state index in [2.05, 4.69) is 10.2 Å². The van der Waals surface area contributed by atoms with Crippen molar-refractivity contribution < 1.29 is 9.21 Å². The van der Waals surface area contributed by atoms with Crippen molar-refractivity contribution in [3.63, 3.8) is 0 Å². The first-order valence-corrected chi connectivity index (χ1v) is 8.85. The first-order chi connectivity index (χ1) is 12.8. The van der Waals surface area contributed by atoms with Crippen LogP contribution in [0.4, 0.5) is 5.82 Å². The Kier molecular flexibility index (Phi) is 5.04. The number of carbonyl (C=O) groups is 1. The smallest absolute Gasteiger partial charge is 0.332 e. The quantitative estimate of drug-likeness (QED) is 0.468. The number of hydrogen-bond acceptors (Lipinski definition) is 8. The van der Waals surface area contributed by atoms with Gasteiger partial charge in [-0.1, -0.05) is 11.8 Å². The number of thioether (sulfide) groups is 1. The van der Waals surface area contributed by atoms with E-state index in [0.717, 1.165) is 20.9 Å². The van der Waals surface area contributed by atoms with Gasteiger partial charge in [-0.2, -0.15) is 0 Å². The highest BCUT2D eigenvalue weighted by Crippen LogP contribution is 2.24. The summed E-state index contributed by atoms with van der Waals surface area (Å²) >= 11 is 1.14. The maximum Gasteiger partial charge on any atom is 0.332 e. The van der Waals surface area contributed by atoms with Crippen molar-refractivity contribution in [2.75, 3.05) is 5.73 Å². The van der Waals surface area contributed by atoms with Gasteiger partial charge in [0.15, 0.2) is 10.9 Å². The van der Waals surface area contributed by atoms with Crippen molar-refractivity contribution in [1.29, 1.82) is 0 Å². The Bertz CT molecular complexity index is 1100. The summed E-state index contributed by atoms with van der Waals surface area (Å²) in [5.41, 5.74) is 4.34. The number of nitrogens with zero attached hydrogens (tertiary/aromatic N) is 5. The standard InChI is InChI=1S/C16H18N6O4S/c1-9(12(23)11-13(17)20(2)16(25)21(3)14(11)24)27-15-19-18-8-22(15)7-10-5-4-6-26-10/h4-6,8-9H,7,17H2,1-3H3. The number of rotatable bonds is 6. The van der Waals surface area contributed by atoms with Crippen LogP contribution >= 0.6 is 11.8 Å². The van der Waals surface area contributed by atoms with Crippen molar-refractivity contribution in [3.05, 3.63) is 56.9 Å². The number of nitrogens with two attached hydrogens (primary N) is 1. The molecule has 0 saturated heterocycles. The summed E-state index contributed by atoms with van der Waals surface area (Å²) in [6, 6.07) is 3.59. The number of furan rings is 1. The van der Waals surface area contributed by atoms with E-state index in [-0.39, 0.29) is 11.4 Å². The Balaban J connectivity index is 1.87. The van der Waals surface area contributed by atoms with E-state index in [1.165, 1.54) is 20.4 Å². The second-order valence-electron chi connectivity index (χ2n) is 5.91. The van der Waals surface area contributed by atoms with Gasteiger partial charge in [0.25, 0.3) is 5.56 Å². The fourth-order valence-electron chi connectivity index (χ4n) is 2.52. The maximum absolute atomic E-state index is 12.9. The summed E-state index contributed by atoms with van der Waals surface area (Å²) in [5.74, 6) is 0.0747. The van der Waals surface area contributed by atoms with Gasteiger partial charge in [0.1, 0.15) is 23.5 Å². The molecule has 0 spiro atoms. The predicted octanol–water partition coefficient (Wildman–Crippen LogP) is 0.262. The zero-order valence-electron chi connectivity index (χ0n) is 14.9. The third-order valence-corrected chi connectivity index (χ3v) is 5.19. The zero-order chi connectivity index (χ0) is 19.7. The number of anilines is 1. The average molecular weight is 390 g/mol. The molecule has 0 fully saturated rings. The highest BCUT2D eigenvalue weighted by atomic mass is 32.2. The number of nitrogen functional groups attached to an aromatic ring is 1. The van der Waals surface area contributed by atoms with E-state index in [1.807, 2.05) is 6.07 Å². The fraction of sp³-hybridized carbons (Fsp3) is 0.312. The van der Waals surface area contributed by atoms with E-state index in [9.17, 15) is 14.4 Å². The summed E-state index contributed by atoms with van der Waals surface area (Å²) in [7, 11) is 2.71. The Labute approximate surface area is 157 Å². The van der Waals surface area contributed by atoms with Crippen LogP contribution in [0.5, 0.6) is 0 Å². The molecule has 0 saturated carbocycles. The zero-order valence-corrected chi connectivity index (χ0v) is 15.8. The predicted molar refractivity (Wildman–Crippen MR) is 98.8 cm³/mol. The number of carbonyl (C=O) groups excluding carboxylic acids is 1. The number of aromatic nitrogens is 5. The maximum atomic E-state index is 12.9. The van der Waals surface area contributed by atoms with Gasteiger partial charge in [-0.3, -0.25) is 18.7 Å². The molecule has 0 aliphatic rings. The van der Waals surface area contributed by atoms with Crippen LogP contribution in [0, 0.1) is 0 Å². The van der Waals surface area contributed by atoms with Crippen molar-refractivity contribution in [2.24, 2.45) is 14.1 Å². The van der Waals surface area contributed by atoms with Gasteiger partial charge in [-0.15, -0.1) is 10.2 Å². The van der Waals surface area contributed by atoms with Gasteiger partial charge in [-0.25, -0.2) is 4.79 Å². The first kappa shape index (κ1) is 18.7. The highest BCUT2D eigenvalue weighted by molar-refractivity contribution is 8.00. The van der Waals surface area contributed by atoms with Gasteiger partial charge in [0.05, 0.1) is 18.1 Å².